The number of benzene rings is 1. The molecule has 18 heavy (non-hydrogen) atoms. The number of carbonyl (C=O) groups is 2. The van der Waals surface area contributed by atoms with Gasteiger partial charge in [0.05, 0.1) is 0 Å². The molecule has 1 aliphatic heterocycles. The summed E-state index contributed by atoms with van der Waals surface area (Å²) < 4.78 is 0. The fourth-order valence-corrected chi connectivity index (χ4v) is 2.52. The van der Waals surface area contributed by atoms with Crippen molar-refractivity contribution in [3.63, 3.8) is 0 Å². The van der Waals surface area contributed by atoms with Gasteiger partial charge in [-0.25, -0.2) is 4.79 Å². The number of carbonyl (C=O) groups excluding carboxylic acids is 1. The first-order valence-corrected chi connectivity index (χ1v) is 6.99. The van der Waals surface area contributed by atoms with Gasteiger partial charge >= 0.3 is 5.97 Å². The summed E-state index contributed by atoms with van der Waals surface area (Å²) in [6.45, 7) is 0.379. The molecule has 96 valence electrons. The molecule has 4 nitrogen and oxygen atoms in total. The number of carboxylic acids is 1. The third-order valence-electron chi connectivity index (χ3n) is 3.13. The summed E-state index contributed by atoms with van der Waals surface area (Å²) in [5.41, 5.74) is 0.967. The van der Waals surface area contributed by atoms with Crippen molar-refractivity contribution in [2.24, 2.45) is 0 Å². The van der Waals surface area contributed by atoms with E-state index in [0.717, 1.165) is 10.5 Å². The third-order valence-corrected chi connectivity index (χ3v) is 3.87. The van der Waals surface area contributed by atoms with Gasteiger partial charge in [0.25, 0.3) is 0 Å². The lowest BCUT2D eigenvalue weighted by Gasteiger charge is -2.21. The Kier molecular flexibility index (Phi) is 3.91. The summed E-state index contributed by atoms with van der Waals surface area (Å²) in [6, 6.07) is 7.18. The van der Waals surface area contributed by atoms with E-state index >= 15 is 0 Å². The van der Waals surface area contributed by atoms with Gasteiger partial charge in [-0.1, -0.05) is 12.1 Å². The minimum absolute atomic E-state index is 0.0728. The van der Waals surface area contributed by atoms with E-state index in [2.05, 4.69) is 0 Å². The molecule has 2 rings (SSSR count). The summed E-state index contributed by atoms with van der Waals surface area (Å²) in [7, 11) is 0. The Hall–Kier alpha value is -1.49. The molecule has 1 atom stereocenters. The second-order valence-corrected chi connectivity index (χ2v) is 5.14. The maximum Gasteiger partial charge on any atom is 0.326 e. The van der Waals surface area contributed by atoms with Crippen molar-refractivity contribution in [1.29, 1.82) is 0 Å². The van der Waals surface area contributed by atoms with E-state index in [4.69, 9.17) is 5.11 Å². The van der Waals surface area contributed by atoms with E-state index in [1.165, 1.54) is 4.90 Å². The van der Waals surface area contributed by atoms with Crippen LogP contribution in [0.3, 0.4) is 0 Å². The smallest absolute Gasteiger partial charge is 0.326 e. The summed E-state index contributed by atoms with van der Waals surface area (Å²) >= 11 is 1.65. The predicted molar refractivity (Wildman–Crippen MR) is 69.4 cm³/mol. The average Bonchev–Trinajstić information content (AvgIpc) is 2.72. The lowest BCUT2D eigenvalue weighted by atomic mass is 10.2. The molecule has 1 saturated heterocycles. The van der Waals surface area contributed by atoms with Crippen molar-refractivity contribution in [3.05, 3.63) is 29.8 Å². The highest BCUT2D eigenvalue weighted by Crippen LogP contribution is 2.22. The monoisotopic (exact) mass is 265 g/mol. The molecule has 0 aliphatic carbocycles. The van der Waals surface area contributed by atoms with Crippen molar-refractivity contribution in [2.75, 3.05) is 6.26 Å². The van der Waals surface area contributed by atoms with Crippen LogP contribution < -0.4 is 0 Å². The molecule has 0 aromatic heterocycles. The van der Waals surface area contributed by atoms with Crippen LogP contribution in [-0.2, 0) is 16.1 Å². The van der Waals surface area contributed by atoms with Gasteiger partial charge < -0.3 is 10.0 Å². The SMILES string of the molecule is CSc1ccc(CN2C(=O)CCC2C(=O)O)cc1. The van der Waals surface area contributed by atoms with Crippen LogP contribution in [0.4, 0.5) is 0 Å². The van der Waals surface area contributed by atoms with Gasteiger partial charge in [-0.3, -0.25) is 4.79 Å². The minimum Gasteiger partial charge on any atom is -0.480 e. The lowest BCUT2D eigenvalue weighted by Crippen LogP contribution is -2.37. The molecule has 1 N–H and O–H groups in total. The quantitative estimate of drug-likeness (QED) is 0.846. The van der Waals surface area contributed by atoms with Crippen LogP contribution in [0.1, 0.15) is 18.4 Å². The third kappa shape index (κ3) is 2.67. The van der Waals surface area contributed by atoms with Crippen LogP contribution in [0.15, 0.2) is 29.2 Å². The molecular weight excluding hydrogens is 250 g/mol. The highest BCUT2D eigenvalue weighted by molar-refractivity contribution is 7.98. The number of nitrogens with zero attached hydrogens (tertiary/aromatic N) is 1. The Morgan fingerprint density at radius 3 is 2.67 bits per heavy atom. The Morgan fingerprint density at radius 2 is 2.11 bits per heavy atom. The molecule has 1 unspecified atom stereocenters. The van der Waals surface area contributed by atoms with Crippen molar-refractivity contribution in [2.45, 2.75) is 30.3 Å². The Balaban J connectivity index is 2.11. The van der Waals surface area contributed by atoms with E-state index < -0.39 is 12.0 Å². The molecule has 1 aliphatic rings. The molecule has 1 amide bonds. The number of likely N-dealkylation sites (tertiary alicyclic amines) is 1. The topological polar surface area (TPSA) is 57.6 Å². The number of aliphatic carboxylic acids is 1. The summed E-state index contributed by atoms with van der Waals surface area (Å²) in [5.74, 6) is -0.988. The van der Waals surface area contributed by atoms with Gasteiger partial charge in [0, 0.05) is 17.9 Å². The zero-order valence-electron chi connectivity index (χ0n) is 10.1. The molecule has 1 fully saturated rings. The Labute approximate surface area is 110 Å². The van der Waals surface area contributed by atoms with Crippen molar-refractivity contribution in [3.8, 4) is 0 Å². The molecule has 1 aromatic carbocycles. The molecule has 1 heterocycles. The van der Waals surface area contributed by atoms with Crippen LogP contribution in [0.5, 0.6) is 0 Å². The van der Waals surface area contributed by atoms with E-state index in [1.54, 1.807) is 11.8 Å². The minimum atomic E-state index is -0.915. The van der Waals surface area contributed by atoms with Crippen LogP contribution >= 0.6 is 11.8 Å². The maximum absolute atomic E-state index is 11.7. The highest BCUT2D eigenvalue weighted by Gasteiger charge is 2.35. The maximum atomic E-state index is 11.7. The normalized spacial score (nSPS) is 19.3. The highest BCUT2D eigenvalue weighted by atomic mass is 32.2. The van der Waals surface area contributed by atoms with Crippen LogP contribution in [0.25, 0.3) is 0 Å². The van der Waals surface area contributed by atoms with Crippen LogP contribution in [-0.4, -0.2) is 34.2 Å². The molecule has 1 aromatic rings. The summed E-state index contributed by atoms with van der Waals surface area (Å²) in [5, 5.41) is 9.06. The van der Waals surface area contributed by atoms with Gasteiger partial charge in [-0.05, 0) is 30.4 Å². The van der Waals surface area contributed by atoms with Gasteiger partial charge in [-0.2, -0.15) is 0 Å². The zero-order valence-corrected chi connectivity index (χ0v) is 10.9. The molecule has 0 bridgehead atoms. The van der Waals surface area contributed by atoms with Gasteiger partial charge in [-0.15, -0.1) is 11.8 Å². The first kappa shape index (κ1) is 13.0. The Bertz CT molecular complexity index is 458. The molecular formula is C13H15NO3S. The molecule has 0 radical (unpaired) electrons. The van der Waals surface area contributed by atoms with Crippen molar-refractivity contribution in [1.82, 2.24) is 4.90 Å². The number of rotatable bonds is 4. The van der Waals surface area contributed by atoms with E-state index in [0.29, 0.717) is 19.4 Å². The largest absolute Gasteiger partial charge is 0.480 e. The number of thioether (sulfide) groups is 1. The average molecular weight is 265 g/mol. The fourth-order valence-electron chi connectivity index (χ4n) is 2.12. The first-order chi connectivity index (χ1) is 8.61. The Morgan fingerprint density at radius 1 is 1.44 bits per heavy atom. The van der Waals surface area contributed by atoms with Crippen LogP contribution in [0.2, 0.25) is 0 Å². The summed E-state index contributed by atoms with van der Waals surface area (Å²) in [4.78, 5) is 25.3. The van der Waals surface area contributed by atoms with E-state index in [9.17, 15) is 9.59 Å². The second kappa shape index (κ2) is 5.44. The van der Waals surface area contributed by atoms with Gasteiger partial charge in [0.2, 0.25) is 5.91 Å². The number of hydrogen-bond acceptors (Lipinski definition) is 3. The number of amides is 1. The van der Waals surface area contributed by atoms with Gasteiger partial charge in [0.15, 0.2) is 0 Å². The number of hydrogen-bond donors (Lipinski definition) is 1. The number of carboxylic acid groups (broad SMARTS) is 1. The van der Waals surface area contributed by atoms with E-state index in [-0.39, 0.29) is 5.91 Å². The molecule has 5 heteroatoms. The lowest BCUT2D eigenvalue weighted by molar-refractivity contribution is -0.146. The van der Waals surface area contributed by atoms with Gasteiger partial charge in [0.1, 0.15) is 6.04 Å². The van der Waals surface area contributed by atoms with Crippen molar-refractivity contribution >= 4 is 23.6 Å². The van der Waals surface area contributed by atoms with Crippen molar-refractivity contribution < 1.29 is 14.7 Å². The second-order valence-electron chi connectivity index (χ2n) is 4.26. The van der Waals surface area contributed by atoms with Crippen LogP contribution in [0, 0.1) is 0 Å². The van der Waals surface area contributed by atoms with E-state index in [1.807, 2.05) is 30.5 Å². The zero-order chi connectivity index (χ0) is 13.1. The molecule has 0 saturated carbocycles. The first-order valence-electron chi connectivity index (χ1n) is 5.77. The fraction of sp³-hybridized carbons (Fsp3) is 0.385. The summed E-state index contributed by atoms with van der Waals surface area (Å²) in [6.07, 6.45) is 2.75. The molecule has 0 spiro atoms. The predicted octanol–water partition coefficient (Wildman–Crippen LogP) is 1.98. The standard InChI is InChI=1S/C13H15NO3S/c1-18-10-4-2-9(3-5-10)8-14-11(13(16)17)6-7-12(14)15/h2-5,11H,6-8H2,1H3,(H,16,17).